The lowest BCUT2D eigenvalue weighted by atomic mass is 9.98. The van der Waals surface area contributed by atoms with Gasteiger partial charge in [-0.25, -0.2) is 9.18 Å². The molecule has 0 saturated heterocycles. The molecule has 0 bridgehead atoms. The van der Waals surface area contributed by atoms with Crippen molar-refractivity contribution in [3.8, 4) is 34.4 Å². The molecule has 0 spiro atoms. The summed E-state index contributed by atoms with van der Waals surface area (Å²) in [6.07, 6.45) is 1.03. The van der Waals surface area contributed by atoms with Crippen molar-refractivity contribution >= 4 is 16.9 Å². The molecule has 0 amide bonds. The van der Waals surface area contributed by atoms with Gasteiger partial charge in [-0.3, -0.25) is 4.79 Å². The van der Waals surface area contributed by atoms with Gasteiger partial charge in [0, 0.05) is 6.20 Å². The van der Waals surface area contributed by atoms with E-state index in [9.17, 15) is 14.9 Å². The quantitative estimate of drug-likeness (QED) is 0.714. The number of carbonyl (C=O) groups is 1. The summed E-state index contributed by atoms with van der Waals surface area (Å²) in [4.78, 5) is 26.2. The lowest BCUT2D eigenvalue weighted by Crippen LogP contribution is -2.16. The number of methoxy groups -OCH3 is 1. The summed E-state index contributed by atoms with van der Waals surface area (Å²) in [5, 5.41) is 18.3. The normalized spacial score (nSPS) is 12.0. The number of aromatic nitrogens is 1. The van der Waals surface area contributed by atoms with Gasteiger partial charge in [-0.2, -0.15) is 5.26 Å². The first-order valence-electron chi connectivity index (χ1n) is 7.95. The Bertz CT molecular complexity index is 1260. The number of nitrogens with one attached hydrogen (secondary N) is 1. The van der Waals surface area contributed by atoms with E-state index in [1.807, 2.05) is 6.07 Å². The monoisotopic (exact) mass is 382 g/mol. The van der Waals surface area contributed by atoms with E-state index in [0.717, 1.165) is 12.3 Å². The van der Waals surface area contributed by atoms with E-state index in [1.165, 1.54) is 19.2 Å². The number of rotatable bonds is 3. The predicted octanol–water partition coefficient (Wildman–Crippen LogP) is 2.64. The van der Waals surface area contributed by atoms with Crippen LogP contribution in [-0.4, -0.2) is 30.0 Å². The first-order chi connectivity index (χ1) is 13.5. The van der Waals surface area contributed by atoms with Crippen molar-refractivity contribution in [2.75, 3.05) is 13.9 Å². The van der Waals surface area contributed by atoms with Crippen LogP contribution in [0.3, 0.4) is 0 Å². The van der Waals surface area contributed by atoms with Gasteiger partial charge in [-0.15, -0.1) is 0 Å². The Kier molecular flexibility index (Phi) is 3.89. The number of nitriles is 1. The molecule has 140 valence electrons. The van der Waals surface area contributed by atoms with Gasteiger partial charge in [0.05, 0.1) is 29.1 Å². The highest BCUT2D eigenvalue weighted by Gasteiger charge is 2.25. The number of aromatic carboxylic acids is 1. The summed E-state index contributed by atoms with van der Waals surface area (Å²) < 4.78 is 30.9. The average molecular weight is 382 g/mol. The maximum absolute atomic E-state index is 15.0. The molecule has 0 radical (unpaired) electrons. The van der Waals surface area contributed by atoms with Crippen LogP contribution in [0.5, 0.6) is 17.2 Å². The zero-order chi connectivity index (χ0) is 20.0. The van der Waals surface area contributed by atoms with E-state index in [1.54, 1.807) is 0 Å². The van der Waals surface area contributed by atoms with Crippen LogP contribution in [0.15, 0.2) is 29.2 Å². The zero-order valence-electron chi connectivity index (χ0n) is 14.3. The first kappa shape index (κ1) is 17.4. The highest BCUT2D eigenvalue weighted by molar-refractivity contribution is 5.97. The van der Waals surface area contributed by atoms with Gasteiger partial charge in [0.1, 0.15) is 17.4 Å². The van der Waals surface area contributed by atoms with E-state index >= 15 is 4.39 Å². The Morgan fingerprint density at radius 1 is 1.36 bits per heavy atom. The molecule has 2 heterocycles. The third kappa shape index (κ3) is 2.43. The molecule has 0 atom stereocenters. The number of ether oxygens (including phenoxy) is 3. The molecule has 0 fully saturated rings. The van der Waals surface area contributed by atoms with Crippen molar-refractivity contribution in [2.45, 2.75) is 0 Å². The molecule has 0 saturated carbocycles. The fourth-order valence-electron chi connectivity index (χ4n) is 3.17. The predicted molar refractivity (Wildman–Crippen MR) is 94.3 cm³/mol. The van der Waals surface area contributed by atoms with Crippen molar-refractivity contribution in [3.05, 3.63) is 51.6 Å². The highest BCUT2D eigenvalue weighted by atomic mass is 19.1. The van der Waals surface area contributed by atoms with E-state index < -0.39 is 22.8 Å². The third-order valence-electron chi connectivity index (χ3n) is 4.40. The molecule has 0 unspecified atom stereocenters. The number of aromatic amines is 1. The summed E-state index contributed by atoms with van der Waals surface area (Å²) in [5.41, 5.74) is -0.806. The van der Waals surface area contributed by atoms with Crippen LogP contribution in [0.2, 0.25) is 0 Å². The van der Waals surface area contributed by atoms with Crippen LogP contribution >= 0.6 is 0 Å². The number of nitrogens with zero attached hydrogens (tertiary/aromatic N) is 1. The van der Waals surface area contributed by atoms with Crippen molar-refractivity contribution in [2.24, 2.45) is 0 Å². The van der Waals surface area contributed by atoms with Crippen LogP contribution in [0.1, 0.15) is 15.9 Å². The molecule has 4 rings (SSSR count). The van der Waals surface area contributed by atoms with Crippen LogP contribution < -0.4 is 19.6 Å². The zero-order valence-corrected chi connectivity index (χ0v) is 14.3. The van der Waals surface area contributed by atoms with Crippen LogP contribution in [0, 0.1) is 17.1 Å². The molecular formula is C19H11FN2O6. The number of benzene rings is 2. The lowest BCUT2D eigenvalue weighted by molar-refractivity contribution is 0.0695. The molecule has 1 aliphatic heterocycles. The molecule has 1 aliphatic rings. The Labute approximate surface area is 156 Å². The number of halogens is 1. The maximum atomic E-state index is 15.0. The van der Waals surface area contributed by atoms with Gasteiger partial charge in [0.2, 0.25) is 12.2 Å². The number of carboxylic acids is 1. The standard InChI is InChI=1S/C19H11FN2O6/c1-26-18-14(8-2-9(5-21)17-13(3-8)27-7-28-17)12(20)4-10-15(18)22-6-11(16(10)23)19(24)25/h2-4,6H,7H2,1H3,(H,22,23)(H,24,25). The Morgan fingerprint density at radius 3 is 2.82 bits per heavy atom. The summed E-state index contributed by atoms with van der Waals surface area (Å²) in [6, 6.07) is 5.83. The number of carboxylic acid groups (broad SMARTS) is 1. The molecule has 9 heteroatoms. The van der Waals surface area contributed by atoms with Gasteiger partial charge >= 0.3 is 5.97 Å². The fourth-order valence-corrected chi connectivity index (χ4v) is 3.17. The van der Waals surface area contributed by atoms with E-state index in [2.05, 4.69) is 4.98 Å². The fraction of sp³-hybridized carbons (Fsp3) is 0.105. The number of pyridine rings is 1. The van der Waals surface area contributed by atoms with E-state index in [4.69, 9.17) is 19.3 Å². The first-order valence-corrected chi connectivity index (χ1v) is 7.95. The topological polar surface area (TPSA) is 122 Å². The number of hydrogen-bond donors (Lipinski definition) is 2. The Morgan fingerprint density at radius 2 is 2.14 bits per heavy atom. The Balaban J connectivity index is 2.05. The van der Waals surface area contributed by atoms with Crippen LogP contribution in [0.25, 0.3) is 22.0 Å². The molecule has 0 aliphatic carbocycles. The second-order valence-corrected chi connectivity index (χ2v) is 5.90. The summed E-state index contributed by atoms with van der Waals surface area (Å²) >= 11 is 0. The van der Waals surface area contributed by atoms with E-state index in [-0.39, 0.29) is 51.6 Å². The molecule has 8 nitrogen and oxygen atoms in total. The van der Waals surface area contributed by atoms with Gasteiger partial charge in [0.15, 0.2) is 17.2 Å². The lowest BCUT2D eigenvalue weighted by Gasteiger charge is -2.14. The maximum Gasteiger partial charge on any atom is 0.341 e. The van der Waals surface area contributed by atoms with Crippen LogP contribution in [-0.2, 0) is 0 Å². The minimum Gasteiger partial charge on any atom is -0.494 e. The van der Waals surface area contributed by atoms with Crippen molar-refractivity contribution in [1.82, 2.24) is 4.98 Å². The Hall–Kier alpha value is -4.06. The van der Waals surface area contributed by atoms with Crippen LogP contribution in [0.4, 0.5) is 4.39 Å². The second kappa shape index (κ2) is 6.28. The number of fused-ring (bicyclic) bond motifs is 2. The van der Waals surface area contributed by atoms with Gasteiger partial charge in [0.25, 0.3) is 0 Å². The largest absolute Gasteiger partial charge is 0.494 e. The number of hydrogen-bond acceptors (Lipinski definition) is 6. The minimum absolute atomic E-state index is 0.00760. The average Bonchev–Trinajstić information content (AvgIpc) is 3.15. The van der Waals surface area contributed by atoms with Crippen molar-refractivity contribution in [3.63, 3.8) is 0 Å². The molecule has 1 aromatic heterocycles. The summed E-state index contributed by atoms with van der Waals surface area (Å²) in [5.74, 6) is -1.70. The summed E-state index contributed by atoms with van der Waals surface area (Å²) in [6.45, 7) is -0.0594. The highest BCUT2D eigenvalue weighted by Crippen LogP contribution is 2.44. The van der Waals surface area contributed by atoms with Crippen molar-refractivity contribution in [1.29, 1.82) is 5.26 Å². The van der Waals surface area contributed by atoms with Crippen molar-refractivity contribution < 1.29 is 28.5 Å². The number of H-pyrrole nitrogens is 1. The smallest absolute Gasteiger partial charge is 0.341 e. The minimum atomic E-state index is -1.43. The molecule has 2 N–H and O–H groups in total. The molecule has 3 aromatic rings. The van der Waals surface area contributed by atoms with Gasteiger partial charge < -0.3 is 24.3 Å². The van der Waals surface area contributed by atoms with Gasteiger partial charge in [-0.05, 0) is 23.8 Å². The second-order valence-electron chi connectivity index (χ2n) is 5.90. The van der Waals surface area contributed by atoms with E-state index in [0.29, 0.717) is 0 Å². The summed E-state index contributed by atoms with van der Waals surface area (Å²) in [7, 11) is 1.29. The molecular weight excluding hydrogens is 371 g/mol. The molecule has 2 aromatic carbocycles. The molecule has 28 heavy (non-hydrogen) atoms. The third-order valence-corrected chi connectivity index (χ3v) is 4.40. The van der Waals surface area contributed by atoms with Gasteiger partial charge in [-0.1, -0.05) is 0 Å². The SMILES string of the molecule is COc1c(-c2cc(C#N)c3c(c2)OCO3)c(F)cc2c(=O)c(C(=O)O)c[nH]c12.